The number of nitrogens with zero attached hydrogens (tertiary/aromatic N) is 6. The number of carbonyl (C=O) groups excluding carboxylic acids is 1. The van der Waals surface area contributed by atoms with E-state index in [1.807, 2.05) is 23.9 Å². The third-order valence-corrected chi connectivity index (χ3v) is 5.80. The molecule has 28 heavy (non-hydrogen) atoms. The molecule has 0 saturated carbocycles. The molecule has 1 saturated heterocycles. The molecule has 2 aliphatic rings. The summed E-state index contributed by atoms with van der Waals surface area (Å²) in [6, 6.07) is 0. The van der Waals surface area contributed by atoms with Crippen LogP contribution in [0.1, 0.15) is 24.2 Å². The monoisotopic (exact) mass is 385 g/mol. The molecule has 1 amide bonds. The van der Waals surface area contributed by atoms with Crippen molar-refractivity contribution in [3.05, 3.63) is 30.1 Å². The number of hydrogen-bond acceptors (Lipinski definition) is 7. The van der Waals surface area contributed by atoms with Crippen LogP contribution < -0.4 is 9.80 Å². The van der Waals surface area contributed by atoms with Crippen molar-refractivity contribution in [1.82, 2.24) is 24.8 Å². The fourth-order valence-electron chi connectivity index (χ4n) is 4.50. The summed E-state index contributed by atoms with van der Waals surface area (Å²) in [5.41, 5.74) is 1.76. The highest BCUT2D eigenvalue weighted by Gasteiger charge is 2.48. The Morgan fingerprint density at radius 3 is 2.68 bits per heavy atom. The number of methoxy groups -OCH3 is 1. The van der Waals surface area contributed by atoms with E-state index in [1.165, 1.54) is 0 Å². The van der Waals surface area contributed by atoms with E-state index in [0.717, 1.165) is 55.4 Å². The Morgan fingerprint density at radius 1 is 1.21 bits per heavy atom. The minimum Gasteiger partial charge on any atom is -0.375 e. The fraction of sp³-hybridized carbons (Fsp3) is 0.579. The van der Waals surface area contributed by atoms with E-state index in [9.17, 15) is 4.79 Å². The molecule has 2 aliphatic heterocycles. The molecule has 4 heterocycles. The van der Waals surface area contributed by atoms with Crippen molar-refractivity contribution in [3.8, 4) is 0 Å². The zero-order chi connectivity index (χ0) is 19.7. The van der Waals surface area contributed by atoms with Gasteiger partial charge in [-0.25, -0.2) is 15.0 Å². The summed E-state index contributed by atoms with van der Waals surface area (Å²) in [4.78, 5) is 36.0. The maximum absolute atomic E-state index is 12.8. The third-order valence-electron chi connectivity index (χ3n) is 5.80. The van der Waals surface area contributed by atoms with E-state index in [4.69, 9.17) is 4.74 Å². The molecule has 2 aromatic rings. The predicted octanol–water partition coefficient (Wildman–Crippen LogP) is 0.793. The molecular formula is C19H27N7O2. The van der Waals surface area contributed by atoms with Gasteiger partial charge >= 0.3 is 0 Å². The first-order valence-corrected chi connectivity index (χ1v) is 9.62. The van der Waals surface area contributed by atoms with Crippen LogP contribution in [0.25, 0.3) is 0 Å². The second kappa shape index (κ2) is 7.38. The number of anilines is 2. The number of ether oxygens (including phenoxy) is 1. The van der Waals surface area contributed by atoms with Gasteiger partial charge in [0.1, 0.15) is 6.61 Å². The molecule has 0 atom stereocenters. The molecule has 0 unspecified atom stereocenters. The van der Waals surface area contributed by atoms with Crippen molar-refractivity contribution >= 4 is 17.5 Å². The van der Waals surface area contributed by atoms with Gasteiger partial charge in [-0.05, 0) is 12.8 Å². The Hall–Kier alpha value is -2.68. The Kier molecular flexibility index (Phi) is 4.92. The quantitative estimate of drug-likeness (QED) is 0.832. The lowest BCUT2D eigenvalue weighted by Crippen LogP contribution is -2.59. The SMILES string of the molecule is COCC(=O)N1CCc2[nH]cnc2C12CCN(c1nccnc1N(C)C)CC2. The summed E-state index contributed by atoms with van der Waals surface area (Å²) < 4.78 is 5.14. The van der Waals surface area contributed by atoms with E-state index >= 15 is 0 Å². The molecule has 0 aromatic carbocycles. The number of rotatable bonds is 4. The van der Waals surface area contributed by atoms with E-state index in [0.29, 0.717) is 6.54 Å². The third kappa shape index (κ3) is 2.99. The average Bonchev–Trinajstić information content (AvgIpc) is 3.19. The van der Waals surface area contributed by atoms with E-state index in [1.54, 1.807) is 25.8 Å². The number of amides is 1. The number of imidazole rings is 1. The van der Waals surface area contributed by atoms with Crippen LogP contribution in [0.15, 0.2) is 18.7 Å². The normalized spacial score (nSPS) is 18.2. The molecule has 2 aromatic heterocycles. The van der Waals surface area contributed by atoms with Crippen LogP contribution in [-0.4, -0.2) is 78.2 Å². The lowest BCUT2D eigenvalue weighted by atomic mass is 9.78. The molecule has 1 fully saturated rings. The van der Waals surface area contributed by atoms with Crippen LogP contribution in [0, 0.1) is 0 Å². The van der Waals surface area contributed by atoms with Gasteiger partial charge in [0.25, 0.3) is 0 Å². The van der Waals surface area contributed by atoms with E-state index in [-0.39, 0.29) is 18.1 Å². The number of fused-ring (bicyclic) bond motifs is 2. The van der Waals surface area contributed by atoms with Crippen LogP contribution in [0.4, 0.5) is 11.6 Å². The molecule has 4 rings (SSSR count). The van der Waals surface area contributed by atoms with Crippen molar-refractivity contribution < 1.29 is 9.53 Å². The van der Waals surface area contributed by atoms with Crippen LogP contribution in [0.2, 0.25) is 0 Å². The van der Waals surface area contributed by atoms with E-state index in [2.05, 4.69) is 24.8 Å². The van der Waals surface area contributed by atoms with Crippen LogP contribution in [-0.2, 0) is 21.5 Å². The zero-order valence-corrected chi connectivity index (χ0v) is 16.7. The minimum absolute atomic E-state index is 0.0260. The molecule has 150 valence electrons. The number of H-pyrrole nitrogens is 1. The molecule has 0 aliphatic carbocycles. The lowest BCUT2D eigenvalue weighted by Gasteiger charge is -2.50. The van der Waals surface area contributed by atoms with Crippen LogP contribution in [0.5, 0.6) is 0 Å². The molecule has 0 bridgehead atoms. The van der Waals surface area contributed by atoms with Crippen molar-refractivity contribution in [3.63, 3.8) is 0 Å². The minimum atomic E-state index is -0.389. The Bertz CT molecular complexity index is 842. The van der Waals surface area contributed by atoms with Crippen molar-refractivity contribution in [2.75, 3.05) is 57.2 Å². The van der Waals surface area contributed by atoms with Gasteiger partial charge in [-0.15, -0.1) is 0 Å². The van der Waals surface area contributed by atoms with Crippen molar-refractivity contribution in [2.24, 2.45) is 0 Å². The lowest BCUT2D eigenvalue weighted by molar-refractivity contribution is -0.144. The van der Waals surface area contributed by atoms with Crippen molar-refractivity contribution in [2.45, 2.75) is 24.8 Å². The highest BCUT2D eigenvalue weighted by atomic mass is 16.5. The van der Waals surface area contributed by atoms with Crippen molar-refractivity contribution in [1.29, 1.82) is 0 Å². The summed E-state index contributed by atoms with van der Waals surface area (Å²) in [7, 11) is 5.51. The smallest absolute Gasteiger partial charge is 0.249 e. The molecular weight excluding hydrogens is 358 g/mol. The standard InChI is InChI=1S/C19H27N7O2/c1-24(2)17-18(21-8-7-20-17)25-10-5-19(6-11-25)16-14(22-13-23-16)4-9-26(19)15(27)12-28-3/h7-8,13H,4-6,9-12H2,1-3H3,(H,22,23). The van der Waals surface area contributed by atoms with Gasteiger partial charge in [0.05, 0.1) is 17.6 Å². The summed E-state index contributed by atoms with van der Waals surface area (Å²) in [5.74, 6) is 1.77. The summed E-state index contributed by atoms with van der Waals surface area (Å²) in [5, 5.41) is 0. The summed E-state index contributed by atoms with van der Waals surface area (Å²) >= 11 is 0. The first kappa shape index (κ1) is 18.7. The first-order valence-electron chi connectivity index (χ1n) is 9.62. The number of aromatic nitrogens is 4. The maximum Gasteiger partial charge on any atom is 0.249 e. The van der Waals surface area contributed by atoms with Crippen LogP contribution >= 0.6 is 0 Å². The molecule has 1 N–H and O–H groups in total. The fourth-order valence-corrected chi connectivity index (χ4v) is 4.50. The molecule has 9 nitrogen and oxygen atoms in total. The van der Waals surface area contributed by atoms with Gasteiger partial charge in [-0.1, -0.05) is 0 Å². The second-order valence-electron chi connectivity index (χ2n) is 7.57. The summed E-state index contributed by atoms with van der Waals surface area (Å²) in [6.07, 6.45) is 7.58. The maximum atomic E-state index is 12.8. The molecule has 0 radical (unpaired) electrons. The summed E-state index contributed by atoms with van der Waals surface area (Å²) in [6.45, 7) is 2.34. The number of aromatic amines is 1. The zero-order valence-electron chi connectivity index (χ0n) is 16.7. The molecule has 9 heteroatoms. The highest BCUT2D eigenvalue weighted by molar-refractivity contribution is 5.79. The molecule has 1 spiro atoms. The predicted molar refractivity (Wildman–Crippen MR) is 105 cm³/mol. The largest absolute Gasteiger partial charge is 0.375 e. The van der Waals surface area contributed by atoms with E-state index < -0.39 is 0 Å². The van der Waals surface area contributed by atoms with Gasteiger partial charge in [0, 0.05) is 65.3 Å². The first-order chi connectivity index (χ1) is 13.6. The van der Waals surface area contributed by atoms with Gasteiger partial charge in [0.2, 0.25) is 5.91 Å². The number of carbonyl (C=O) groups is 1. The number of hydrogen-bond donors (Lipinski definition) is 1. The topological polar surface area (TPSA) is 90.5 Å². The average molecular weight is 385 g/mol. The van der Waals surface area contributed by atoms with Gasteiger partial charge in [-0.3, -0.25) is 4.79 Å². The second-order valence-corrected chi connectivity index (χ2v) is 7.57. The number of nitrogens with one attached hydrogen (secondary N) is 1. The Morgan fingerprint density at radius 2 is 1.96 bits per heavy atom. The van der Waals surface area contributed by atoms with Gasteiger partial charge in [0.15, 0.2) is 11.6 Å². The van der Waals surface area contributed by atoms with Crippen LogP contribution in [0.3, 0.4) is 0 Å². The van der Waals surface area contributed by atoms with Gasteiger partial charge in [-0.2, -0.15) is 0 Å². The highest BCUT2D eigenvalue weighted by Crippen LogP contribution is 2.43. The van der Waals surface area contributed by atoms with Gasteiger partial charge < -0.3 is 24.4 Å². The number of piperidine rings is 1. The Balaban J connectivity index is 1.63. The Labute approximate surface area is 164 Å².